The van der Waals surface area contributed by atoms with Crippen molar-refractivity contribution in [3.05, 3.63) is 17.3 Å². The van der Waals surface area contributed by atoms with Crippen LogP contribution in [0.1, 0.15) is 43.5 Å². The molecule has 1 aromatic heterocycles. The van der Waals surface area contributed by atoms with Gasteiger partial charge in [-0.1, -0.05) is 6.42 Å². The van der Waals surface area contributed by atoms with E-state index in [-0.39, 0.29) is 0 Å². The van der Waals surface area contributed by atoms with E-state index < -0.39 is 0 Å². The molecule has 0 aliphatic carbocycles. The Morgan fingerprint density at radius 2 is 2.38 bits per heavy atom. The van der Waals surface area contributed by atoms with Gasteiger partial charge in [-0.25, -0.2) is 0 Å². The molecular formula is C12H18N4. The van der Waals surface area contributed by atoms with E-state index in [4.69, 9.17) is 0 Å². The van der Waals surface area contributed by atoms with Crippen LogP contribution in [0.5, 0.6) is 0 Å². The van der Waals surface area contributed by atoms with Gasteiger partial charge < -0.3 is 5.32 Å². The Labute approximate surface area is 96.1 Å². The van der Waals surface area contributed by atoms with Gasteiger partial charge in [0, 0.05) is 13.1 Å². The summed E-state index contributed by atoms with van der Waals surface area (Å²) in [5.41, 5.74) is 2.60. The van der Waals surface area contributed by atoms with Crippen LogP contribution in [-0.4, -0.2) is 28.2 Å². The van der Waals surface area contributed by atoms with Crippen LogP contribution < -0.4 is 5.32 Å². The van der Waals surface area contributed by atoms with Crippen LogP contribution in [0.15, 0.2) is 6.07 Å². The molecule has 3 rings (SSSR count). The molecule has 16 heavy (non-hydrogen) atoms. The maximum Gasteiger partial charge on any atom is 0.148 e. The first-order chi connectivity index (χ1) is 7.88. The van der Waals surface area contributed by atoms with Gasteiger partial charge in [0.2, 0.25) is 0 Å². The lowest BCUT2D eigenvalue weighted by Crippen LogP contribution is -2.27. The van der Waals surface area contributed by atoms with Gasteiger partial charge in [-0.3, -0.25) is 4.90 Å². The van der Waals surface area contributed by atoms with Gasteiger partial charge in [0.05, 0.1) is 11.7 Å². The smallest absolute Gasteiger partial charge is 0.148 e. The van der Waals surface area contributed by atoms with Crippen molar-refractivity contribution in [3.8, 4) is 0 Å². The summed E-state index contributed by atoms with van der Waals surface area (Å²) in [5.74, 6) is 0.918. The van der Waals surface area contributed by atoms with E-state index in [1.807, 2.05) is 0 Å². The van der Waals surface area contributed by atoms with Crippen molar-refractivity contribution in [2.24, 2.45) is 0 Å². The van der Waals surface area contributed by atoms with E-state index in [0.29, 0.717) is 6.04 Å². The van der Waals surface area contributed by atoms with Crippen LogP contribution in [0.4, 0.5) is 5.82 Å². The van der Waals surface area contributed by atoms with Crippen molar-refractivity contribution in [1.82, 2.24) is 15.1 Å². The lowest BCUT2D eigenvalue weighted by molar-refractivity contribution is 0.162. The molecule has 86 valence electrons. The summed E-state index contributed by atoms with van der Waals surface area (Å²) >= 11 is 0. The molecule has 2 aliphatic rings. The number of nitrogens with zero attached hydrogens (tertiary/aromatic N) is 3. The first kappa shape index (κ1) is 10.0. The molecule has 1 atom stereocenters. The van der Waals surface area contributed by atoms with Gasteiger partial charge in [-0.05, 0) is 37.9 Å². The first-order valence-corrected chi connectivity index (χ1v) is 6.23. The molecule has 0 spiro atoms. The maximum absolute atomic E-state index is 4.41. The molecule has 3 heterocycles. The number of piperidine rings is 1. The molecule has 0 aromatic carbocycles. The predicted octanol–water partition coefficient (Wildman–Crippen LogP) is 1.95. The molecular weight excluding hydrogens is 200 g/mol. The van der Waals surface area contributed by atoms with Crippen molar-refractivity contribution >= 4 is 5.82 Å². The Morgan fingerprint density at radius 3 is 3.25 bits per heavy atom. The molecule has 1 saturated heterocycles. The quantitative estimate of drug-likeness (QED) is 0.823. The lowest BCUT2D eigenvalue weighted by atomic mass is 10.0. The standard InChI is InChI=1S/C12H18N4/c1-2-13-11-7-9-8-16-6-4-3-5-10(16)12(9)15-14-11/h7,10H,2-6,8H2,1H3,(H,13,14). The van der Waals surface area contributed by atoms with Crippen molar-refractivity contribution in [1.29, 1.82) is 0 Å². The highest BCUT2D eigenvalue weighted by atomic mass is 15.2. The van der Waals surface area contributed by atoms with Gasteiger partial charge in [0.25, 0.3) is 0 Å². The zero-order chi connectivity index (χ0) is 11.0. The fourth-order valence-electron chi connectivity index (χ4n) is 2.82. The normalized spacial score (nSPS) is 23.9. The molecule has 1 unspecified atom stereocenters. The zero-order valence-electron chi connectivity index (χ0n) is 9.74. The molecule has 0 bridgehead atoms. The summed E-state index contributed by atoms with van der Waals surface area (Å²) < 4.78 is 0. The van der Waals surface area contributed by atoms with Crippen LogP contribution >= 0.6 is 0 Å². The van der Waals surface area contributed by atoms with Gasteiger partial charge in [0.15, 0.2) is 0 Å². The summed E-state index contributed by atoms with van der Waals surface area (Å²) in [6.07, 6.45) is 3.91. The minimum absolute atomic E-state index is 0.548. The Bertz CT molecular complexity index is 391. The van der Waals surface area contributed by atoms with Crippen LogP contribution in [0.3, 0.4) is 0 Å². The molecule has 4 heteroatoms. The van der Waals surface area contributed by atoms with Gasteiger partial charge in [-0.15, -0.1) is 5.10 Å². The van der Waals surface area contributed by atoms with Crippen molar-refractivity contribution in [2.45, 2.75) is 38.8 Å². The fraction of sp³-hybridized carbons (Fsp3) is 0.667. The highest BCUT2D eigenvalue weighted by Crippen LogP contribution is 2.38. The molecule has 0 radical (unpaired) electrons. The minimum Gasteiger partial charge on any atom is -0.369 e. The molecule has 4 nitrogen and oxygen atoms in total. The highest BCUT2D eigenvalue weighted by molar-refractivity contribution is 5.40. The molecule has 0 saturated carbocycles. The molecule has 1 N–H and O–H groups in total. The largest absolute Gasteiger partial charge is 0.369 e. The third-order valence-corrected chi connectivity index (χ3v) is 3.57. The Hall–Kier alpha value is -1.16. The highest BCUT2D eigenvalue weighted by Gasteiger charge is 2.33. The number of hydrogen-bond acceptors (Lipinski definition) is 4. The van der Waals surface area contributed by atoms with Crippen molar-refractivity contribution in [2.75, 3.05) is 18.4 Å². The third-order valence-electron chi connectivity index (χ3n) is 3.57. The van der Waals surface area contributed by atoms with Crippen molar-refractivity contribution in [3.63, 3.8) is 0 Å². The second-order valence-corrected chi connectivity index (χ2v) is 4.65. The van der Waals surface area contributed by atoms with Crippen molar-refractivity contribution < 1.29 is 0 Å². The van der Waals surface area contributed by atoms with E-state index in [9.17, 15) is 0 Å². The summed E-state index contributed by atoms with van der Waals surface area (Å²) in [5, 5.41) is 11.9. The Kier molecular flexibility index (Phi) is 2.52. The second kappa shape index (κ2) is 4.01. The second-order valence-electron chi connectivity index (χ2n) is 4.65. The van der Waals surface area contributed by atoms with Crippen LogP contribution in [0, 0.1) is 0 Å². The maximum atomic E-state index is 4.41. The molecule has 2 aliphatic heterocycles. The first-order valence-electron chi connectivity index (χ1n) is 6.23. The summed E-state index contributed by atoms with van der Waals surface area (Å²) in [6.45, 7) is 5.27. The third kappa shape index (κ3) is 1.57. The number of hydrogen-bond donors (Lipinski definition) is 1. The number of anilines is 1. The Balaban J connectivity index is 1.89. The molecule has 1 fully saturated rings. The van der Waals surface area contributed by atoms with E-state index in [1.165, 1.54) is 37.1 Å². The number of aromatic nitrogens is 2. The summed E-state index contributed by atoms with van der Waals surface area (Å²) in [7, 11) is 0. The molecule has 0 amide bonds. The number of fused-ring (bicyclic) bond motifs is 3. The van der Waals surface area contributed by atoms with Crippen LogP contribution in [-0.2, 0) is 6.54 Å². The number of nitrogens with one attached hydrogen (secondary N) is 1. The lowest BCUT2D eigenvalue weighted by Gasteiger charge is -2.28. The van der Waals surface area contributed by atoms with Crippen LogP contribution in [0.25, 0.3) is 0 Å². The SMILES string of the molecule is CCNc1cc2c(nn1)C1CCCCN1C2. The molecule has 1 aromatic rings. The van der Waals surface area contributed by atoms with E-state index >= 15 is 0 Å². The van der Waals surface area contributed by atoms with E-state index in [0.717, 1.165) is 18.9 Å². The van der Waals surface area contributed by atoms with E-state index in [2.05, 4.69) is 33.4 Å². The Morgan fingerprint density at radius 1 is 1.44 bits per heavy atom. The van der Waals surface area contributed by atoms with Crippen LogP contribution in [0.2, 0.25) is 0 Å². The number of rotatable bonds is 2. The van der Waals surface area contributed by atoms with Gasteiger partial charge >= 0.3 is 0 Å². The zero-order valence-corrected chi connectivity index (χ0v) is 9.74. The fourth-order valence-corrected chi connectivity index (χ4v) is 2.82. The average molecular weight is 218 g/mol. The topological polar surface area (TPSA) is 41.1 Å². The summed E-state index contributed by atoms with van der Waals surface area (Å²) in [6, 6.07) is 2.72. The monoisotopic (exact) mass is 218 g/mol. The van der Waals surface area contributed by atoms with E-state index in [1.54, 1.807) is 0 Å². The predicted molar refractivity (Wildman–Crippen MR) is 63.2 cm³/mol. The summed E-state index contributed by atoms with van der Waals surface area (Å²) in [4.78, 5) is 2.54. The minimum atomic E-state index is 0.548. The van der Waals surface area contributed by atoms with Gasteiger partial charge in [-0.2, -0.15) is 5.10 Å². The van der Waals surface area contributed by atoms with Gasteiger partial charge in [0.1, 0.15) is 5.82 Å². The average Bonchev–Trinajstić information content (AvgIpc) is 2.67.